The number of hydrogen-bond donors (Lipinski definition) is 1. The van der Waals surface area contributed by atoms with Gasteiger partial charge in [0, 0.05) is 5.02 Å². The third-order valence-corrected chi connectivity index (χ3v) is 3.61. The van der Waals surface area contributed by atoms with Crippen molar-refractivity contribution in [2.45, 2.75) is 26.9 Å². The Morgan fingerprint density at radius 1 is 1.08 bits per heavy atom. The van der Waals surface area contributed by atoms with Crippen LogP contribution in [0.3, 0.4) is 0 Å². The normalized spacial score (nSPS) is 11.7. The Bertz CT molecular complexity index is 665. The highest BCUT2D eigenvalue weighted by molar-refractivity contribution is 6.30. The fourth-order valence-electron chi connectivity index (χ4n) is 2.28. The highest BCUT2D eigenvalue weighted by Crippen LogP contribution is 2.18. The number of halogens is 1. The second kappa shape index (κ2) is 8.60. The average molecular weight is 348 g/mol. The Balaban J connectivity index is 1.74. The van der Waals surface area contributed by atoms with Gasteiger partial charge in [-0.05, 0) is 68.3 Å². The molecule has 1 N–H and O–H groups in total. The summed E-state index contributed by atoms with van der Waals surface area (Å²) in [6.45, 7) is 6.51. The summed E-state index contributed by atoms with van der Waals surface area (Å²) in [4.78, 5) is 12.1. The summed E-state index contributed by atoms with van der Waals surface area (Å²) < 4.78 is 11.2. The molecule has 0 saturated carbocycles. The van der Waals surface area contributed by atoms with Crippen LogP contribution in [0.1, 0.15) is 18.1 Å². The molecular formula is C19H22ClNO3. The van der Waals surface area contributed by atoms with Gasteiger partial charge in [-0.2, -0.15) is 0 Å². The first-order chi connectivity index (χ1) is 11.4. The SMILES string of the molecule is Cc1cc(C)cc(O[C@H](C)C(=O)NCCOc2ccc(Cl)cc2)c1. The lowest BCUT2D eigenvalue weighted by atomic mass is 10.1. The summed E-state index contributed by atoms with van der Waals surface area (Å²) in [7, 11) is 0. The predicted molar refractivity (Wildman–Crippen MR) is 96.0 cm³/mol. The van der Waals surface area contributed by atoms with Crippen LogP contribution in [0.4, 0.5) is 0 Å². The van der Waals surface area contributed by atoms with E-state index in [4.69, 9.17) is 21.1 Å². The predicted octanol–water partition coefficient (Wildman–Crippen LogP) is 3.92. The topological polar surface area (TPSA) is 47.6 Å². The Morgan fingerprint density at radius 3 is 2.33 bits per heavy atom. The zero-order valence-corrected chi connectivity index (χ0v) is 14.9. The number of benzene rings is 2. The lowest BCUT2D eigenvalue weighted by Crippen LogP contribution is -2.38. The average Bonchev–Trinajstić information content (AvgIpc) is 2.52. The Hall–Kier alpha value is -2.20. The van der Waals surface area contributed by atoms with Gasteiger partial charge in [0.2, 0.25) is 0 Å². The van der Waals surface area contributed by atoms with E-state index in [2.05, 4.69) is 11.4 Å². The molecule has 2 aromatic carbocycles. The van der Waals surface area contributed by atoms with Crippen LogP contribution in [-0.2, 0) is 4.79 Å². The summed E-state index contributed by atoms with van der Waals surface area (Å²) >= 11 is 5.81. The van der Waals surface area contributed by atoms with Gasteiger partial charge < -0.3 is 14.8 Å². The summed E-state index contributed by atoms with van der Waals surface area (Å²) in [5, 5.41) is 3.46. The van der Waals surface area contributed by atoms with E-state index in [9.17, 15) is 4.79 Å². The van der Waals surface area contributed by atoms with Crippen LogP contribution in [-0.4, -0.2) is 25.2 Å². The summed E-state index contributed by atoms with van der Waals surface area (Å²) in [6, 6.07) is 13.0. The highest BCUT2D eigenvalue weighted by Gasteiger charge is 2.14. The molecule has 5 heteroatoms. The second-order valence-corrected chi connectivity index (χ2v) is 6.11. The molecular weight excluding hydrogens is 326 g/mol. The van der Waals surface area contributed by atoms with Crippen molar-refractivity contribution in [3.8, 4) is 11.5 Å². The number of amides is 1. The van der Waals surface area contributed by atoms with Gasteiger partial charge in [-0.15, -0.1) is 0 Å². The molecule has 0 fully saturated rings. The smallest absolute Gasteiger partial charge is 0.260 e. The molecule has 0 saturated heterocycles. The molecule has 0 aliphatic carbocycles. The van der Waals surface area contributed by atoms with Crippen molar-refractivity contribution in [3.63, 3.8) is 0 Å². The molecule has 2 rings (SSSR count). The van der Waals surface area contributed by atoms with Crippen molar-refractivity contribution in [1.29, 1.82) is 0 Å². The minimum atomic E-state index is -0.568. The number of aryl methyl sites for hydroxylation is 2. The quantitative estimate of drug-likeness (QED) is 0.772. The van der Waals surface area contributed by atoms with Crippen LogP contribution in [0, 0.1) is 13.8 Å². The van der Waals surface area contributed by atoms with E-state index in [0.717, 1.165) is 11.1 Å². The fourth-order valence-corrected chi connectivity index (χ4v) is 2.40. The standard InChI is InChI=1S/C19H22ClNO3/c1-13-10-14(2)12-18(11-13)24-15(3)19(22)21-8-9-23-17-6-4-16(20)5-7-17/h4-7,10-12,15H,8-9H2,1-3H3,(H,21,22)/t15-/m1/s1. The first kappa shape index (κ1) is 18.1. The van der Waals surface area contributed by atoms with Crippen LogP contribution in [0.5, 0.6) is 11.5 Å². The van der Waals surface area contributed by atoms with E-state index in [0.29, 0.717) is 29.7 Å². The van der Waals surface area contributed by atoms with Gasteiger partial charge >= 0.3 is 0 Å². The van der Waals surface area contributed by atoms with Crippen molar-refractivity contribution >= 4 is 17.5 Å². The van der Waals surface area contributed by atoms with Crippen molar-refractivity contribution in [1.82, 2.24) is 5.32 Å². The molecule has 0 bridgehead atoms. The number of hydrogen-bond acceptors (Lipinski definition) is 3. The number of ether oxygens (including phenoxy) is 2. The van der Waals surface area contributed by atoms with Crippen molar-refractivity contribution < 1.29 is 14.3 Å². The maximum Gasteiger partial charge on any atom is 0.260 e. The van der Waals surface area contributed by atoms with E-state index in [1.807, 2.05) is 26.0 Å². The van der Waals surface area contributed by atoms with Crippen LogP contribution in [0.2, 0.25) is 5.02 Å². The van der Waals surface area contributed by atoms with E-state index >= 15 is 0 Å². The molecule has 0 aliphatic heterocycles. The molecule has 0 unspecified atom stereocenters. The zero-order valence-electron chi connectivity index (χ0n) is 14.1. The molecule has 0 spiro atoms. The van der Waals surface area contributed by atoms with E-state index in [1.54, 1.807) is 31.2 Å². The minimum absolute atomic E-state index is 0.172. The van der Waals surface area contributed by atoms with Crippen LogP contribution in [0.15, 0.2) is 42.5 Å². The third-order valence-electron chi connectivity index (χ3n) is 3.36. The highest BCUT2D eigenvalue weighted by atomic mass is 35.5. The fraction of sp³-hybridized carbons (Fsp3) is 0.316. The van der Waals surface area contributed by atoms with Crippen LogP contribution < -0.4 is 14.8 Å². The first-order valence-corrected chi connectivity index (χ1v) is 8.23. The van der Waals surface area contributed by atoms with Gasteiger partial charge in [0.15, 0.2) is 6.10 Å². The molecule has 0 aromatic heterocycles. The molecule has 4 nitrogen and oxygen atoms in total. The maximum atomic E-state index is 12.1. The summed E-state index contributed by atoms with van der Waals surface area (Å²) in [6.07, 6.45) is -0.568. The molecule has 0 radical (unpaired) electrons. The zero-order chi connectivity index (χ0) is 17.5. The van der Waals surface area contributed by atoms with E-state index < -0.39 is 6.10 Å². The number of rotatable bonds is 7. The monoisotopic (exact) mass is 347 g/mol. The van der Waals surface area contributed by atoms with Crippen molar-refractivity contribution in [2.75, 3.05) is 13.2 Å². The minimum Gasteiger partial charge on any atom is -0.492 e. The number of nitrogens with one attached hydrogen (secondary N) is 1. The second-order valence-electron chi connectivity index (χ2n) is 5.68. The lowest BCUT2D eigenvalue weighted by molar-refractivity contribution is -0.127. The maximum absolute atomic E-state index is 12.1. The van der Waals surface area contributed by atoms with E-state index in [1.165, 1.54) is 0 Å². The molecule has 0 aliphatic rings. The Morgan fingerprint density at radius 2 is 1.71 bits per heavy atom. The van der Waals surface area contributed by atoms with Gasteiger partial charge in [0.1, 0.15) is 18.1 Å². The summed E-state index contributed by atoms with van der Waals surface area (Å²) in [5.74, 6) is 1.25. The molecule has 128 valence electrons. The largest absolute Gasteiger partial charge is 0.492 e. The first-order valence-electron chi connectivity index (χ1n) is 7.85. The third kappa shape index (κ3) is 5.78. The van der Waals surface area contributed by atoms with Crippen molar-refractivity contribution in [2.24, 2.45) is 0 Å². The molecule has 2 aromatic rings. The molecule has 1 amide bonds. The Labute approximate surface area is 147 Å². The molecule has 0 heterocycles. The summed E-state index contributed by atoms with van der Waals surface area (Å²) in [5.41, 5.74) is 2.21. The number of carbonyl (C=O) groups excluding carboxylic acids is 1. The van der Waals surface area contributed by atoms with Gasteiger partial charge in [-0.1, -0.05) is 17.7 Å². The van der Waals surface area contributed by atoms with E-state index in [-0.39, 0.29) is 5.91 Å². The van der Waals surface area contributed by atoms with Crippen LogP contribution in [0.25, 0.3) is 0 Å². The molecule has 24 heavy (non-hydrogen) atoms. The van der Waals surface area contributed by atoms with Gasteiger partial charge in [-0.3, -0.25) is 4.79 Å². The van der Waals surface area contributed by atoms with Gasteiger partial charge in [0.05, 0.1) is 6.54 Å². The molecule has 1 atom stereocenters. The van der Waals surface area contributed by atoms with Crippen LogP contribution >= 0.6 is 11.6 Å². The van der Waals surface area contributed by atoms with Gasteiger partial charge in [0.25, 0.3) is 5.91 Å². The van der Waals surface area contributed by atoms with Gasteiger partial charge in [-0.25, -0.2) is 0 Å². The van der Waals surface area contributed by atoms with Crippen molar-refractivity contribution in [3.05, 3.63) is 58.6 Å². The lowest BCUT2D eigenvalue weighted by Gasteiger charge is -2.16. The Kier molecular flexibility index (Phi) is 6.50. The number of carbonyl (C=O) groups is 1.